The van der Waals surface area contributed by atoms with Crippen molar-refractivity contribution in [1.82, 2.24) is 14.5 Å². The van der Waals surface area contributed by atoms with Crippen molar-refractivity contribution in [2.75, 3.05) is 52.6 Å². The van der Waals surface area contributed by atoms with Crippen LogP contribution >= 0.6 is 6.49 Å². The van der Waals surface area contributed by atoms with Crippen LogP contribution in [0.1, 0.15) is 13.8 Å². The molecule has 2 aliphatic heterocycles. The van der Waals surface area contributed by atoms with Gasteiger partial charge in [-0.2, -0.15) is 5.10 Å². The molecule has 0 aromatic rings. The molecule has 0 spiro atoms. The van der Waals surface area contributed by atoms with E-state index in [1.165, 1.54) is 0 Å². The third-order valence-electron chi connectivity index (χ3n) is 3.15. The van der Waals surface area contributed by atoms with Gasteiger partial charge in [0, 0.05) is 31.9 Å². The van der Waals surface area contributed by atoms with E-state index in [0.29, 0.717) is 0 Å². The fourth-order valence-corrected chi connectivity index (χ4v) is 5.57. The molecule has 0 saturated carbocycles. The van der Waals surface area contributed by atoms with Crippen LogP contribution < -0.4 is 5.20 Å². The Hall–Kier alpha value is -0.0400. The summed E-state index contributed by atoms with van der Waals surface area (Å²) in [6, 6.07) is 0. The number of ether oxygens (including phenoxy) is 2. The van der Waals surface area contributed by atoms with E-state index in [0.717, 1.165) is 58.3 Å². The largest absolute Gasteiger partial charge is 0.379 e. The summed E-state index contributed by atoms with van der Waals surface area (Å²) in [5.74, 6) is 0. The summed E-state index contributed by atoms with van der Waals surface area (Å²) in [5.41, 5.74) is 0.996. The van der Waals surface area contributed by atoms with Gasteiger partial charge in [-0.25, -0.2) is 9.34 Å². The third-order valence-corrected chi connectivity index (χ3v) is 7.47. The highest BCUT2D eigenvalue weighted by atomic mass is 32.4. The molecule has 8 heteroatoms. The monoisotopic (exact) mass is 306 g/mol. The lowest BCUT2D eigenvalue weighted by Gasteiger charge is -2.44. The van der Waals surface area contributed by atoms with Crippen LogP contribution in [0.3, 0.4) is 0 Å². The molecule has 0 aromatic heterocycles. The van der Waals surface area contributed by atoms with Gasteiger partial charge in [0.15, 0.2) is 6.49 Å². The first-order valence-corrected chi connectivity index (χ1v) is 9.38. The Kier molecular flexibility index (Phi) is 5.74. The van der Waals surface area contributed by atoms with Gasteiger partial charge in [-0.15, -0.1) is 0 Å². The van der Waals surface area contributed by atoms with Crippen molar-refractivity contribution < 1.29 is 9.47 Å². The van der Waals surface area contributed by atoms with E-state index in [1.54, 1.807) is 0 Å². The molecular formula is C11H23N4O2PS. The molecular weight excluding hydrogens is 283 g/mol. The molecule has 0 aliphatic carbocycles. The van der Waals surface area contributed by atoms with Crippen LogP contribution in [-0.2, 0) is 21.3 Å². The Morgan fingerprint density at radius 2 is 1.42 bits per heavy atom. The highest BCUT2D eigenvalue weighted by molar-refractivity contribution is 8.11. The van der Waals surface area contributed by atoms with Gasteiger partial charge in [0.1, 0.15) is 0 Å². The molecule has 110 valence electrons. The zero-order chi connectivity index (χ0) is 13.7. The van der Waals surface area contributed by atoms with Gasteiger partial charge in [0.2, 0.25) is 0 Å². The molecule has 1 N–H and O–H groups in total. The Morgan fingerprint density at radius 3 is 1.79 bits per heavy atom. The van der Waals surface area contributed by atoms with Crippen molar-refractivity contribution in [3.05, 3.63) is 0 Å². The second-order valence-electron chi connectivity index (χ2n) is 4.84. The summed E-state index contributed by atoms with van der Waals surface area (Å²) in [6.07, 6.45) is 0. The molecule has 2 rings (SSSR count). The Bertz CT molecular complexity index is 342. The predicted molar refractivity (Wildman–Crippen MR) is 81.0 cm³/mol. The minimum Gasteiger partial charge on any atom is -0.379 e. The van der Waals surface area contributed by atoms with Crippen LogP contribution in [0.25, 0.3) is 0 Å². The van der Waals surface area contributed by atoms with Crippen LogP contribution in [0.5, 0.6) is 0 Å². The number of nitrogens with one attached hydrogen (secondary N) is 1. The summed E-state index contributed by atoms with van der Waals surface area (Å²) in [6.45, 7) is 8.43. The highest BCUT2D eigenvalue weighted by Crippen LogP contribution is 2.50. The third kappa shape index (κ3) is 3.97. The fraction of sp³-hybridized carbons (Fsp3) is 0.909. The van der Waals surface area contributed by atoms with Crippen molar-refractivity contribution in [3.63, 3.8) is 0 Å². The molecule has 19 heavy (non-hydrogen) atoms. The maximum atomic E-state index is 5.99. The molecule has 2 heterocycles. The van der Waals surface area contributed by atoms with Crippen LogP contribution in [0.2, 0.25) is 0 Å². The second-order valence-corrected chi connectivity index (χ2v) is 8.78. The van der Waals surface area contributed by atoms with Crippen LogP contribution in [0.4, 0.5) is 0 Å². The number of nitrogens with zero attached hydrogens (tertiary/aromatic N) is 3. The van der Waals surface area contributed by atoms with E-state index in [-0.39, 0.29) is 0 Å². The normalized spacial score (nSPS) is 23.1. The van der Waals surface area contributed by atoms with Gasteiger partial charge in [-0.3, -0.25) is 5.20 Å². The zero-order valence-electron chi connectivity index (χ0n) is 11.7. The Labute approximate surface area is 120 Å². The summed E-state index contributed by atoms with van der Waals surface area (Å²) < 4.78 is 15.5. The van der Waals surface area contributed by atoms with E-state index in [9.17, 15) is 0 Å². The second kappa shape index (κ2) is 7.11. The molecule has 0 radical (unpaired) electrons. The van der Waals surface area contributed by atoms with E-state index in [2.05, 4.69) is 19.6 Å². The first-order valence-electron chi connectivity index (χ1n) is 6.67. The van der Waals surface area contributed by atoms with Crippen molar-refractivity contribution >= 4 is 24.0 Å². The van der Waals surface area contributed by atoms with Gasteiger partial charge >= 0.3 is 0 Å². The van der Waals surface area contributed by atoms with Crippen molar-refractivity contribution in [2.45, 2.75) is 13.8 Å². The Balaban J connectivity index is 2.14. The van der Waals surface area contributed by atoms with E-state index in [4.69, 9.17) is 21.3 Å². The number of rotatable bonds is 4. The first-order chi connectivity index (χ1) is 9.13. The van der Waals surface area contributed by atoms with Gasteiger partial charge in [-0.1, -0.05) is 0 Å². The lowest BCUT2D eigenvalue weighted by molar-refractivity contribution is 0.0569. The molecule has 0 atom stereocenters. The number of morpholine rings is 2. The molecule has 0 bridgehead atoms. The lowest BCUT2D eigenvalue weighted by Crippen LogP contribution is -2.46. The van der Waals surface area contributed by atoms with Crippen LogP contribution in [0.15, 0.2) is 5.10 Å². The predicted octanol–water partition coefficient (Wildman–Crippen LogP) is 0.861. The first kappa shape index (κ1) is 15.4. The van der Waals surface area contributed by atoms with E-state index in [1.807, 2.05) is 13.8 Å². The summed E-state index contributed by atoms with van der Waals surface area (Å²) in [4.78, 5) is 0. The average Bonchev–Trinajstić information content (AvgIpc) is 2.46. The lowest BCUT2D eigenvalue weighted by atomic mass is 10.5. The molecule has 2 aliphatic rings. The SMILES string of the molecule is CC(C)=NNP(=S)(N1CCOCC1)N1CCOCC1. The average molecular weight is 306 g/mol. The zero-order valence-corrected chi connectivity index (χ0v) is 13.4. The molecule has 0 unspecified atom stereocenters. The molecule has 6 nitrogen and oxygen atoms in total. The van der Waals surface area contributed by atoms with Gasteiger partial charge < -0.3 is 9.47 Å². The van der Waals surface area contributed by atoms with Crippen molar-refractivity contribution in [1.29, 1.82) is 0 Å². The van der Waals surface area contributed by atoms with Crippen LogP contribution in [0, 0.1) is 0 Å². The maximum absolute atomic E-state index is 5.99. The van der Waals surface area contributed by atoms with E-state index < -0.39 is 6.49 Å². The van der Waals surface area contributed by atoms with Crippen molar-refractivity contribution in [3.8, 4) is 0 Å². The maximum Gasteiger partial charge on any atom is 0.183 e. The smallest absolute Gasteiger partial charge is 0.183 e. The summed E-state index contributed by atoms with van der Waals surface area (Å²) in [7, 11) is 0. The molecule has 2 saturated heterocycles. The van der Waals surface area contributed by atoms with Crippen molar-refractivity contribution in [2.24, 2.45) is 5.10 Å². The number of hydrogen-bond donors (Lipinski definition) is 1. The summed E-state index contributed by atoms with van der Waals surface area (Å²) in [5, 5.41) is 7.68. The summed E-state index contributed by atoms with van der Waals surface area (Å²) >= 11 is 5.99. The molecule has 0 aromatic carbocycles. The highest BCUT2D eigenvalue weighted by Gasteiger charge is 2.34. The molecule has 0 amide bonds. The Morgan fingerprint density at radius 1 is 1.00 bits per heavy atom. The number of hydrazone groups is 1. The van der Waals surface area contributed by atoms with E-state index >= 15 is 0 Å². The van der Waals surface area contributed by atoms with Gasteiger partial charge in [-0.05, 0) is 25.7 Å². The topological polar surface area (TPSA) is 49.3 Å². The minimum absolute atomic E-state index is 0.749. The fourth-order valence-electron chi connectivity index (χ4n) is 2.12. The van der Waals surface area contributed by atoms with Gasteiger partial charge in [0.25, 0.3) is 0 Å². The minimum atomic E-state index is -2.02. The van der Waals surface area contributed by atoms with Crippen LogP contribution in [-0.4, -0.2) is 67.7 Å². The quantitative estimate of drug-likeness (QED) is 0.472. The van der Waals surface area contributed by atoms with Gasteiger partial charge in [0.05, 0.1) is 26.4 Å². The standard InChI is InChI=1S/C11H23N4O2PS/c1-11(2)12-13-18(19,14-3-7-16-8-4-14)15-5-9-17-10-6-15/h3-10H2,1-2H3,(H,13,19). The number of hydrogen-bond acceptors (Lipinski definition) is 4. The molecule has 2 fully saturated rings.